The zero-order chi connectivity index (χ0) is 6.10. The van der Waals surface area contributed by atoms with Gasteiger partial charge in [-0.1, -0.05) is 24.3 Å². The third kappa shape index (κ3) is 0.736. The molecule has 0 spiro atoms. The van der Waals surface area contributed by atoms with Gasteiger partial charge in [0.25, 0.3) is 0 Å². The van der Waals surface area contributed by atoms with E-state index in [1.807, 2.05) is 24.3 Å². The maximum Gasteiger partial charge on any atom is 0.0534 e. The molecule has 42 valence electrons. The minimum Gasteiger partial charge on any atom is -0.132 e. The Morgan fingerprint density at radius 2 is 1.56 bits per heavy atom. The molecule has 0 bridgehead atoms. The number of hydrogen-bond acceptors (Lipinski definition) is 1. The lowest BCUT2D eigenvalue weighted by Gasteiger charge is -1.81. The zero-order valence-corrected chi connectivity index (χ0v) is 5.53. The molecule has 1 aromatic heterocycles. The van der Waals surface area contributed by atoms with E-state index in [0.29, 0.717) is 0 Å². The van der Waals surface area contributed by atoms with Crippen LogP contribution in [0.5, 0.6) is 0 Å². The predicted molar refractivity (Wildman–Crippen MR) is 39.5 cm³/mol. The Kier molecular flexibility index (Phi) is 1.03. The molecule has 2 rings (SSSR count). The molecule has 0 aliphatic heterocycles. The summed E-state index contributed by atoms with van der Waals surface area (Å²) in [5.74, 6) is 0. The van der Waals surface area contributed by atoms with Crippen molar-refractivity contribution in [2.24, 2.45) is 0 Å². The Morgan fingerprint density at radius 3 is 2.11 bits per heavy atom. The highest BCUT2D eigenvalue weighted by atomic mass is 32.1. The third-order valence-corrected chi connectivity index (χ3v) is 1.89. The fraction of sp³-hybridized carbons (Fsp3) is 0. The van der Waals surface area contributed by atoms with E-state index in [4.69, 9.17) is 0 Å². The van der Waals surface area contributed by atoms with Crippen LogP contribution in [-0.4, -0.2) is 0 Å². The molecule has 1 heterocycles. The van der Waals surface area contributed by atoms with Crippen LogP contribution in [0.25, 0.3) is 10.8 Å². The van der Waals surface area contributed by atoms with Gasteiger partial charge < -0.3 is 0 Å². The van der Waals surface area contributed by atoms with Gasteiger partial charge in [-0.05, 0) is 0 Å². The van der Waals surface area contributed by atoms with Crippen LogP contribution < -0.4 is 0 Å². The molecule has 0 nitrogen and oxygen atoms in total. The summed E-state index contributed by atoms with van der Waals surface area (Å²) in [6, 6.07) is 8.11. The molecule has 0 amide bonds. The molecule has 2 aromatic rings. The largest absolute Gasteiger partial charge is 0.132 e. The van der Waals surface area contributed by atoms with Gasteiger partial charge in [0, 0.05) is 10.8 Å². The highest BCUT2D eigenvalue weighted by molar-refractivity contribution is 7.08. The Hall–Kier alpha value is -0.820. The van der Waals surface area contributed by atoms with Crippen LogP contribution in [-0.2, 0) is 0 Å². The fourth-order valence-corrected chi connectivity index (χ4v) is 1.42. The summed E-state index contributed by atoms with van der Waals surface area (Å²) in [4.78, 5) is 0. The fourth-order valence-electron chi connectivity index (χ4n) is 0.797. The van der Waals surface area contributed by atoms with Crippen molar-refractivity contribution in [2.45, 2.75) is 0 Å². The van der Waals surface area contributed by atoms with E-state index in [0.717, 1.165) is 0 Å². The molecule has 2 radical (unpaired) electrons. The maximum atomic E-state index is 3.11. The van der Waals surface area contributed by atoms with E-state index >= 15 is 0 Å². The van der Waals surface area contributed by atoms with Gasteiger partial charge in [0.15, 0.2) is 0 Å². The van der Waals surface area contributed by atoms with E-state index < -0.39 is 0 Å². The van der Waals surface area contributed by atoms with Crippen molar-refractivity contribution >= 4 is 22.1 Å². The van der Waals surface area contributed by atoms with Crippen molar-refractivity contribution in [1.82, 2.24) is 0 Å². The lowest BCUT2D eigenvalue weighted by molar-refractivity contribution is 1.84. The first-order valence-corrected chi connectivity index (χ1v) is 3.55. The minimum atomic E-state index is 1.17. The summed E-state index contributed by atoms with van der Waals surface area (Å²) in [6.07, 6.45) is 0. The molecule has 9 heavy (non-hydrogen) atoms. The van der Waals surface area contributed by atoms with Gasteiger partial charge in [0.1, 0.15) is 0 Å². The second-order valence-electron chi connectivity index (χ2n) is 1.85. The molecule has 0 atom stereocenters. The Balaban J connectivity index is 2.95. The maximum absolute atomic E-state index is 3.11. The van der Waals surface area contributed by atoms with Gasteiger partial charge >= 0.3 is 0 Å². The second kappa shape index (κ2) is 1.85. The van der Waals surface area contributed by atoms with Crippen LogP contribution in [0.15, 0.2) is 24.3 Å². The lowest BCUT2D eigenvalue weighted by Crippen LogP contribution is -1.58. The Bertz CT molecular complexity index is 279. The van der Waals surface area contributed by atoms with Crippen LogP contribution in [0.4, 0.5) is 0 Å². The molecule has 0 aliphatic rings. The first-order valence-electron chi connectivity index (χ1n) is 2.74. The van der Waals surface area contributed by atoms with Gasteiger partial charge in [-0.2, -0.15) is 0 Å². The van der Waals surface area contributed by atoms with Crippen molar-refractivity contribution in [3.05, 3.63) is 35.0 Å². The van der Waals surface area contributed by atoms with Crippen molar-refractivity contribution in [1.29, 1.82) is 0 Å². The first-order chi connectivity index (χ1) is 4.47. The SMILES string of the molecule is [c]1s[c]c2ccccc12. The Labute approximate surface area is 57.8 Å². The first kappa shape index (κ1) is 5.00. The van der Waals surface area contributed by atoms with Gasteiger partial charge in [0.2, 0.25) is 0 Å². The topological polar surface area (TPSA) is 0 Å². The quantitative estimate of drug-likeness (QED) is 0.516. The summed E-state index contributed by atoms with van der Waals surface area (Å²) in [7, 11) is 0. The second-order valence-corrected chi connectivity index (χ2v) is 2.46. The summed E-state index contributed by atoms with van der Waals surface area (Å²) in [5, 5.41) is 8.55. The van der Waals surface area contributed by atoms with Crippen LogP contribution in [0.3, 0.4) is 0 Å². The van der Waals surface area contributed by atoms with Gasteiger partial charge in [-0.25, -0.2) is 0 Å². The number of thiophene rings is 1. The molecular weight excluding hydrogens is 128 g/mol. The highest BCUT2D eigenvalue weighted by Crippen LogP contribution is 2.15. The Morgan fingerprint density at radius 1 is 1.00 bits per heavy atom. The molecule has 1 aromatic carbocycles. The van der Waals surface area contributed by atoms with Gasteiger partial charge in [-0.3, -0.25) is 0 Å². The summed E-state index contributed by atoms with van der Waals surface area (Å²) in [6.45, 7) is 0. The smallest absolute Gasteiger partial charge is 0.0534 e. The summed E-state index contributed by atoms with van der Waals surface area (Å²) < 4.78 is 0. The van der Waals surface area contributed by atoms with Crippen molar-refractivity contribution in [3.8, 4) is 0 Å². The van der Waals surface area contributed by atoms with E-state index in [9.17, 15) is 0 Å². The molecule has 0 saturated heterocycles. The minimum absolute atomic E-state index is 1.17. The molecular formula is C8H4S. The average Bonchev–Trinajstić information content (AvgIpc) is 2.33. The predicted octanol–water partition coefficient (Wildman–Crippen LogP) is 2.50. The highest BCUT2D eigenvalue weighted by Gasteiger charge is 1.89. The normalized spacial score (nSPS) is 10.2. The molecule has 0 aliphatic carbocycles. The molecule has 0 N–H and O–H groups in total. The van der Waals surface area contributed by atoms with E-state index in [-0.39, 0.29) is 0 Å². The van der Waals surface area contributed by atoms with E-state index in [2.05, 4.69) is 10.8 Å². The van der Waals surface area contributed by atoms with Gasteiger partial charge in [-0.15, -0.1) is 11.3 Å². The van der Waals surface area contributed by atoms with Gasteiger partial charge in [0.05, 0.1) is 10.8 Å². The van der Waals surface area contributed by atoms with E-state index in [1.54, 1.807) is 0 Å². The zero-order valence-electron chi connectivity index (χ0n) is 4.72. The van der Waals surface area contributed by atoms with Crippen LogP contribution in [0.2, 0.25) is 0 Å². The molecule has 0 unspecified atom stereocenters. The average molecular weight is 132 g/mol. The lowest BCUT2D eigenvalue weighted by atomic mass is 10.2. The van der Waals surface area contributed by atoms with E-state index in [1.165, 1.54) is 22.1 Å². The molecule has 1 heteroatoms. The number of rotatable bonds is 0. The number of fused-ring (bicyclic) bond motifs is 1. The standard InChI is InChI=1S/C8H4S/c1-2-4-8-6-9-5-7(8)3-1/h1-4H. The number of benzene rings is 1. The van der Waals surface area contributed by atoms with Crippen LogP contribution >= 0.6 is 11.3 Å². The summed E-state index contributed by atoms with van der Waals surface area (Å²) >= 11 is 1.50. The number of hydrogen-bond donors (Lipinski definition) is 0. The molecule has 0 saturated carbocycles. The monoisotopic (exact) mass is 132 g/mol. The van der Waals surface area contributed by atoms with Crippen molar-refractivity contribution < 1.29 is 0 Å². The van der Waals surface area contributed by atoms with Crippen LogP contribution in [0, 0.1) is 10.8 Å². The third-order valence-electron chi connectivity index (χ3n) is 1.25. The molecule has 0 fully saturated rings. The van der Waals surface area contributed by atoms with Crippen LogP contribution in [0.1, 0.15) is 0 Å². The van der Waals surface area contributed by atoms with Crippen molar-refractivity contribution in [3.63, 3.8) is 0 Å². The summed E-state index contributed by atoms with van der Waals surface area (Å²) in [5.41, 5.74) is 0. The van der Waals surface area contributed by atoms with Crippen molar-refractivity contribution in [2.75, 3.05) is 0 Å².